The van der Waals surface area contributed by atoms with Crippen molar-refractivity contribution in [3.8, 4) is 6.07 Å². The second kappa shape index (κ2) is 6.23. The fraction of sp³-hybridized carbons (Fsp3) is 0.357. The van der Waals surface area contributed by atoms with Gasteiger partial charge in [-0.3, -0.25) is 9.55 Å². The maximum atomic E-state index is 13.2. The molecule has 1 aromatic heterocycles. The summed E-state index contributed by atoms with van der Waals surface area (Å²) in [5, 5.41) is 30.3. The number of hydrogen-bond donors (Lipinski definition) is 1. The quantitative estimate of drug-likeness (QED) is 0.660. The van der Waals surface area contributed by atoms with Crippen LogP contribution in [0.1, 0.15) is 10.6 Å². The molecule has 3 rings (SSSR count). The summed E-state index contributed by atoms with van der Waals surface area (Å²) in [6.07, 6.45) is -5.37. The molecule has 2 aromatic rings. The maximum Gasteiger partial charge on any atom is 0.445 e. The Bertz CT molecular complexity index is 802. The number of anilines is 1. The van der Waals surface area contributed by atoms with Crippen molar-refractivity contribution in [3.05, 3.63) is 40.0 Å². The predicted octanol–water partition coefficient (Wildman–Crippen LogP) is 2.57. The van der Waals surface area contributed by atoms with Crippen molar-refractivity contribution < 1.29 is 13.2 Å². The van der Waals surface area contributed by atoms with Crippen LogP contribution >= 0.6 is 11.3 Å². The Labute approximate surface area is 145 Å². The first-order valence-electron chi connectivity index (χ1n) is 7.17. The molecule has 2 unspecified atom stereocenters. The van der Waals surface area contributed by atoms with E-state index in [0.29, 0.717) is 17.8 Å². The predicted molar refractivity (Wildman–Crippen MR) is 86.1 cm³/mol. The van der Waals surface area contributed by atoms with Gasteiger partial charge in [-0.25, -0.2) is 0 Å². The van der Waals surface area contributed by atoms with Crippen molar-refractivity contribution in [2.75, 3.05) is 25.6 Å². The molecule has 7 nitrogen and oxygen atoms in total. The minimum absolute atomic E-state index is 0.0412. The molecule has 0 bridgehead atoms. The Hall–Kier alpha value is -2.26. The molecule has 0 radical (unpaired) electrons. The third-order valence-electron chi connectivity index (χ3n) is 3.77. The zero-order chi connectivity index (χ0) is 18.2. The highest BCUT2D eigenvalue weighted by molar-refractivity contribution is 7.15. The molecule has 0 saturated carbocycles. The maximum absolute atomic E-state index is 13.2. The number of likely N-dealkylation sites (N-methyl/N-ethyl adjacent to an activating group) is 1. The van der Waals surface area contributed by atoms with E-state index in [9.17, 15) is 18.4 Å². The SMILES string of the molecule is CN1CC(Nc2ccc(C#N)cc2)[N+]([O-])(c2nnc(C(F)(F)F)s2)C1. The van der Waals surface area contributed by atoms with E-state index in [1.54, 1.807) is 36.2 Å². The number of rotatable bonds is 3. The van der Waals surface area contributed by atoms with Gasteiger partial charge in [0.2, 0.25) is 5.01 Å². The number of aromatic nitrogens is 2. The number of benzene rings is 1. The van der Waals surface area contributed by atoms with Gasteiger partial charge in [-0.15, -0.1) is 5.10 Å². The van der Waals surface area contributed by atoms with Crippen molar-refractivity contribution in [2.24, 2.45) is 0 Å². The number of hydrogen-bond acceptors (Lipinski definition) is 7. The Morgan fingerprint density at radius 2 is 2.04 bits per heavy atom. The van der Waals surface area contributed by atoms with Gasteiger partial charge in [-0.05, 0) is 42.6 Å². The molecular weight excluding hydrogens is 357 g/mol. The summed E-state index contributed by atoms with van der Waals surface area (Å²) in [5.41, 5.74) is 1.06. The number of alkyl halides is 3. The topological polar surface area (TPSA) is 87.9 Å². The van der Waals surface area contributed by atoms with Crippen LogP contribution in [0.15, 0.2) is 24.3 Å². The average molecular weight is 370 g/mol. The highest BCUT2D eigenvalue weighted by atomic mass is 32.1. The van der Waals surface area contributed by atoms with Gasteiger partial charge in [0.05, 0.1) is 18.2 Å². The van der Waals surface area contributed by atoms with E-state index in [-0.39, 0.29) is 23.1 Å². The highest BCUT2D eigenvalue weighted by Crippen LogP contribution is 2.39. The fourth-order valence-corrected chi connectivity index (χ4v) is 3.39. The Balaban J connectivity index is 1.87. The van der Waals surface area contributed by atoms with E-state index in [1.807, 2.05) is 6.07 Å². The monoisotopic (exact) mass is 370 g/mol. The molecule has 1 N–H and O–H groups in total. The van der Waals surface area contributed by atoms with Crippen LogP contribution in [-0.4, -0.2) is 41.5 Å². The number of nitriles is 1. The summed E-state index contributed by atoms with van der Waals surface area (Å²) >= 11 is 0.261. The summed E-state index contributed by atoms with van der Waals surface area (Å²) < 4.78 is 37.2. The van der Waals surface area contributed by atoms with Crippen LogP contribution in [0.3, 0.4) is 0 Å². The Kier molecular flexibility index (Phi) is 4.38. The number of nitrogens with one attached hydrogen (secondary N) is 1. The molecule has 1 fully saturated rings. The average Bonchev–Trinajstić information content (AvgIpc) is 3.14. The molecule has 1 aromatic carbocycles. The molecule has 132 valence electrons. The first-order chi connectivity index (χ1) is 11.7. The molecule has 25 heavy (non-hydrogen) atoms. The molecule has 2 heterocycles. The lowest BCUT2D eigenvalue weighted by molar-refractivity contribution is -0.138. The smallest absolute Gasteiger partial charge is 0.445 e. The summed E-state index contributed by atoms with van der Waals surface area (Å²) in [5.74, 6) is 0. The summed E-state index contributed by atoms with van der Waals surface area (Å²) in [6, 6.07) is 8.45. The van der Waals surface area contributed by atoms with E-state index in [0.717, 1.165) is 0 Å². The van der Waals surface area contributed by atoms with E-state index >= 15 is 0 Å². The second-order valence-corrected chi connectivity index (χ2v) is 6.67. The highest BCUT2D eigenvalue weighted by Gasteiger charge is 2.45. The van der Waals surface area contributed by atoms with Gasteiger partial charge in [0.25, 0.3) is 0 Å². The Morgan fingerprint density at radius 1 is 1.36 bits per heavy atom. The third-order valence-corrected chi connectivity index (χ3v) is 4.85. The van der Waals surface area contributed by atoms with Gasteiger partial charge in [0, 0.05) is 5.69 Å². The molecule has 0 aliphatic carbocycles. The fourth-order valence-electron chi connectivity index (χ4n) is 2.60. The number of halogens is 3. The van der Waals surface area contributed by atoms with Gasteiger partial charge in [-0.2, -0.15) is 18.4 Å². The van der Waals surface area contributed by atoms with E-state index in [4.69, 9.17) is 5.26 Å². The summed E-state index contributed by atoms with van der Waals surface area (Å²) in [4.78, 5) is 1.71. The number of nitrogens with zero attached hydrogens (tertiary/aromatic N) is 5. The minimum atomic E-state index is -4.63. The molecule has 1 aliphatic rings. The zero-order valence-electron chi connectivity index (χ0n) is 13.0. The molecule has 2 atom stereocenters. The standard InChI is InChI=1S/C14H13F3N6OS/c1-22-7-11(19-10-4-2-9(6-18)3-5-10)23(24,8-22)13-21-20-12(25-13)14(15,16)17/h2-5,11,19H,7-8H2,1H3. The molecular formula is C14H13F3N6OS. The second-order valence-electron chi connectivity index (χ2n) is 5.71. The van der Waals surface area contributed by atoms with Crippen LogP contribution in [0.4, 0.5) is 24.0 Å². The molecule has 1 aliphatic heterocycles. The van der Waals surface area contributed by atoms with Crippen molar-refractivity contribution >= 4 is 22.2 Å². The molecule has 1 saturated heterocycles. The summed E-state index contributed by atoms with van der Waals surface area (Å²) in [7, 11) is 1.71. The van der Waals surface area contributed by atoms with Gasteiger partial charge < -0.3 is 10.5 Å². The number of quaternary nitrogens is 1. The lowest BCUT2D eigenvalue weighted by Crippen LogP contribution is -2.52. The molecule has 0 amide bonds. The largest absolute Gasteiger partial charge is 0.623 e. The summed E-state index contributed by atoms with van der Waals surface area (Å²) in [6.45, 7) is 0.283. The Morgan fingerprint density at radius 3 is 2.60 bits per heavy atom. The first kappa shape index (κ1) is 17.6. The molecule has 11 heteroatoms. The lowest BCUT2D eigenvalue weighted by Gasteiger charge is -2.39. The van der Waals surface area contributed by atoms with Gasteiger partial charge in [0.15, 0.2) is 6.17 Å². The third kappa shape index (κ3) is 3.42. The van der Waals surface area contributed by atoms with Crippen LogP contribution in [0.5, 0.6) is 0 Å². The van der Waals surface area contributed by atoms with Crippen molar-refractivity contribution in [1.29, 1.82) is 5.26 Å². The normalized spacial score (nSPS) is 24.2. The van der Waals surface area contributed by atoms with Crippen molar-refractivity contribution in [3.63, 3.8) is 0 Å². The number of hydroxylamine groups is 2. The van der Waals surface area contributed by atoms with Gasteiger partial charge >= 0.3 is 11.3 Å². The van der Waals surface area contributed by atoms with E-state index in [1.165, 1.54) is 0 Å². The zero-order valence-corrected chi connectivity index (χ0v) is 13.8. The van der Waals surface area contributed by atoms with Gasteiger partial charge in [0.1, 0.15) is 6.67 Å². The van der Waals surface area contributed by atoms with Crippen molar-refractivity contribution in [1.82, 2.24) is 19.7 Å². The van der Waals surface area contributed by atoms with Crippen LogP contribution in [-0.2, 0) is 6.18 Å². The first-order valence-corrected chi connectivity index (χ1v) is 7.99. The minimum Gasteiger partial charge on any atom is -0.623 e. The molecule has 0 spiro atoms. The van der Waals surface area contributed by atoms with Gasteiger partial charge in [-0.1, -0.05) is 5.10 Å². The van der Waals surface area contributed by atoms with Crippen LogP contribution < -0.4 is 9.96 Å². The van der Waals surface area contributed by atoms with Crippen molar-refractivity contribution in [2.45, 2.75) is 12.3 Å². The van der Waals surface area contributed by atoms with Crippen LogP contribution in [0.25, 0.3) is 0 Å². The van der Waals surface area contributed by atoms with Crippen LogP contribution in [0.2, 0.25) is 0 Å². The lowest BCUT2D eigenvalue weighted by atomic mass is 10.2. The van der Waals surface area contributed by atoms with E-state index < -0.39 is 22.0 Å². The van der Waals surface area contributed by atoms with E-state index in [2.05, 4.69) is 15.5 Å². The van der Waals surface area contributed by atoms with Crippen LogP contribution in [0, 0.1) is 16.5 Å².